The van der Waals surface area contributed by atoms with E-state index in [4.69, 9.17) is 5.11 Å². The minimum atomic E-state index is -3.90. The van der Waals surface area contributed by atoms with Crippen LogP contribution in [0.3, 0.4) is 0 Å². The summed E-state index contributed by atoms with van der Waals surface area (Å²) in [5.74, 6) is -1.79. The number of benzene rings is 1. The molecule has 1 aromatic carbocycles. The highest BCUT2D eigenvalue weighted by atomic mass is 32.2. The van der Waals surface area contributed by atoms with Gasteiger partial charge in [-0.25, -0.2) is 21.6 Å². The number of carboxylic acid groups (broad SMARTS) is 1. The van der Waals surface area contributed by atoms with Gasteiger partial charge in [-0.05, 0) is 26.0 Å². The molecular weight excluding hydrogens is 344 g/mol. The molecule has 0 fully saturated rings. The van der Waals surface area contributed by atoms with Crippen LogP contribution in [0.5, 0.6) is 0 Å². The van der Waals surface area contributed by atoms with Crippen molar-refractivity contribution in [2.75, 3.05) is 18.8 Å². The van der Waals surface area contributed by atoms with Gasteiger partial charge in [-0.15, -0.1) is 0 Å². The highest BCUT2D eigenvalue weighted by Gasteiger charge is 2.27. The van der Waals surface area contributed by atoms with Gasteiger partial charge in [0, 0.05) is 12.6 Å². The molecule has 0 atom stereocenters. The first-order valence-electron chi connectivity index (χ1n) is 6.82. The van der Waals surface area contributed by atoms with E-state index in [1.54, 1.807) is 32.0 Å². The van der Waals surface area contributed by atoms with E-state index in [-0.39, 0.29) is 11.4 Å². The Hall–Kier alpha value is -1.49. The Labute approximate surface area is 136 Å². The Morgan fingerprint density at radius 3 is 2.22 bits per heavy atom. The number of carbonyl (C=O) groups is 1. The smallest absolute Gasteiger partial charge is 0.318 e. The van der Waals surface area contributed by atoms with Gasteiger partial charge in [-0.3, -0.25) is 4.79 Å². The maximum absolute atomic E-state index is 12.2. The van der Waals surface area contributed by atoms with E-state index in [9.17, 15) is 21.6 Å². The zero-order valence-corrected chi connectivity index (χ0v) is 14.5. The molecule has 0 saturated heterocycles. The molecule has 0 radical (unpaired) electrons. The molecule has 0 aromatic heterocycles. The number of nitrogens with one attached hydrogen (secondary N) is 1. The van der Waals surface area contributed by atoms with Crippen molar-refractivity contribution in [3.05, 3.63) is 30.3 Å². The van der Waals surface area contributed by atoms with E-state index < -0.39 is 44.4 Å². The highest BCUT2D eigenvalue weighted by molar-refractivity contribution is 7.90. The van der Waals surface area contributed by atoms with E-state index >= 15 is 0 Å². The van der Waals surface area contributed by atoms with Gasteiger partial charge in [-0.1, -0.05) is 18.2 Å². The fourth-order valence-electron chi connectivity index (χ4n) is 1.84. The van der Waals surface area contributed by atoms with Crippen LogP contribution in [-0.2, 0) is 24.8 Å². The monoisotopic (exact) mass is 364 g/mol. The van der Waals surface area contributed by atoms with E-state index in [1.807, 2.05) is 0 Å². The highest BCUT2D eigenvalue weighted by Crippen LogP contribution is 2.09. The summed E-state index contributed by atoms with van der Waals surface area (Å²) >= 11 is 0. The third-order valence-corrected chi connectivity index (χ3v) is 6.39. The number of hydrogen-bond donors (Lipinski definition) is 2. The zero-order chi connectivity index (χ0) is 17.7. The lowest BCUT2D eigenvalue weighted by atomic mass is 10.4. The van der Waals surface area contributed by atoms with Crippen molar-refractivity contribution >= 4 is 26.0 Å². The van der Waals surface area contributed by atoms with Gasteiger partial charge in [0.25, 0.3) is 0 Å². The molecule has 0 heterocycles. The van der Waals surface area contributed by atoms with Crippen molar-refractivity contribution in [3.8, 4) is 0 Å². The topological polar surface area (TPSA) is 121 Å². The van der Waals surface area contributed by atoms with Crippen molar-refractivity contribution in [2.24, 2.45) is 0 Å². The van der Waals surface area contributed by atoms with Crippen LogP contribution < -0.4 is 4.72 Å². The summed E-state index contributed by atoms with van der Waals surface area (Å²) in [7, 11) is -7.70. The average Bonchev–Trinajstić information content (AvgIpc) is 2.44. The minimum Gasteiger partial charge on any atom is -0.480 e. The Morgan fingerprint density at radius 2 is 1.74 bits per heavy atom. The number of aliphatic carboxylic acids is 1. The summed E-state index contributed by atoms with van der Waals surface area (Å²) in [5.41, 5.74) is 0. The molecule has 0 amide bonds. The maximum atomic E-state index is 12.2. The zero-order valence-electron chi connectivity index (χ0n) is 12.8. The molecule has 0 saturated carbocycles. The first kappa shape index (κ1) is 19.6. The van der Waals surface area contributed by atoms with Crippen molar-refractivity contribution in [1.82, 2.24) is 9.03 Å². The number of sulfonamides is 2. The maximum Gasteiger partial charge on any atom is 0.318 e. The molecule has 10 heteroatoms. The van der Waals surface area contributed by atoms with Gasteiger partial charge in [0.2, 0.25) is 20.0 Å². The van der Waals surface area contributed by atoms with Gasteiger partial charge in [0.1, 0.15) is 6.54 Å². The largest absolute Gasteiger partial charge is 0.480 e. The summed E-state index contributed by atoms with van der Waals surface area (Å²) < 4.78 is 51.3. The van der Waals surface area contributed by atoms with Crippen LogP contribution in [0.1, 0.15) is 13.8 Å². The molecule has 0 aliphatic rings. The van der Waals surface area contributed by atoms with E-state index in [0.717, 1.165) is 4.31 Å². The number of rotatable bonds is 9. The lowest BCUT2D eigenvalue weighted by Gasteiger charge is -2.24. The molecule has 8 nitrogen and oxygen atoms in total. The average molecular weight is 364 g/mol. The summed E-state index contributed by atoms with van der Waals surface area (Å²) in [6.07, 6.45) is 0. The van der Waals surface area contributed by atoms with Crippen molar-refractivity contribution < 1.29 is 26.7 Å². The second-order valence-corrected chi connectivity index (χ2v) is 8.87. The summed E-state index contributed by atoms with van der Waals surface area (Å²) in [6, 6.07) is 7.01. The molecule has 23 heavy (non-hydrogen) atoms. The van der Waals surface area contributed by atoms with E-state index in [2.05, 4.69) is 4.72 Å². The van der Waals surface area contributed by atoms with Gasteiger partial charge in [0.05, 0.1) is 10.6 Å². The summed E-state index contributed by atoms with van der Waals surface area (Å²) in [4.78, 5) is 10.8. The summed E-state index contributed by atoms with van der Waals surface area (Å²) in [5, 5.41) is 8.78. The van der Waals surface area contributed by atoms with Crippen LogP contribution >= 0.6 is 0 Å². The molecular formula is C13H20N2O6S2. The third kappa shape index (κ3) is 5.90. The van der Waals surface area contributed by atoms with Crippen LogP contribution in [0.15, 0.2) is 35.2 Å². The standard InChI is InChI=1S/C13H20N2O6S2/c1-11(2)15(10-13(16)17)22(18,19)9-8-14-23(20,21)12-6-4-3-5-7-12/h3-7,11,14H,8-10H2,1-2H3,(H,16,17). The van der Waals surface area contributed by atoms with Crippen LogP contribution in [0.4, 0.5) is 0 Å². The number of hydrogen-bond acceptors (Lipinski definition) is 5. The molecule has 2 N–H and O–H groups in total. The predicted octanol–water partition coefficient (Wildman–Crippen LogP) is 0.0897. The summed E-state index contributed by atoms with van der Waals surface area (Å²) in [6.45, 7) is 2.09. The minimum absolute atomic E-state index is 0.0312. The normalized spacial score (nSPS) is 12.7. The number of carboxylic acids is 1. The Kier molecular flexibility index (Phi) is 6.69. The SMILES string of the molecule is CC(C)N(CC(=O)O)S(=O)(=O)CCNS(=O)(=O)c1ccccc1. The quantitative estimate of drug-likeness (QED) is 0.640. The first-order valence-corrected chi connectivity index (χ1v) is 9.91. The van der Waals surface area contributed by atoms with Crippen LogP contribution in [-0.4, -0.2) is 57.1 Å². The fraction of sp³-hybridized carbons (Fsp3) is 0.462. The van der Waals surface area contributed by atoms with Gasteiger partial charge in [-0.2, -0.15) is 4.31 Å². The van der Waals surface area contributed by atoms with Gasteiger partial charge >= 0.3 is 5.97 Å². The van der Waals surface area contributed by atoms with E-state index in [0.29, 0.717) is 0 Å². The molecule has 0 unspecified atom stereocenters. The van der Waals surface area contributed by atoms with Gasteiger partial charge in [0.15, 0.2) is 0 Å². The number of nitrogens with zero attached hydrogens (tertiary/aromatic N) is 1. The molecule has 0 aliphatic carbocycles. The Balaban J connectivity index is 2.74. The lowest BCUT2D eigenvalue weighted by Crippen LogP contribution is -2.44. The van der Waals surface area contributed by atoms with E-state index in [1.165, 1.54) is 12.1 Å². The Morgan fingerprint density at radius 1 is 1.17 bits per heavy atom. The molecule has 130 valence electrons. The predicted molar refractivity (Wildman–Crippen MR) is 84.9 cm³/mol. The molecule has 1 aromatic rings. The Bertz CT molecular complexity index is 729. The molecule has 0 bridgehead atoms. The van der Waals surface area contributed by atoms with Crippen LogP contribution in [0.25, 0.3) is 0 Å². The molecule has 1 rings (SSSR count). The molecule has 0 aliphatic heterocycles. The van der Waals surface area contributed by atoms with Crippen molar-refractivity contribution in [1.29, 1.82) is 0 Å². The fourth-order valence-corrected chi connectivity index (χ4v) is 4.57. The first-order chi connectivity index (χ1) is 10.6. The van der Waals surface area contributed by atoms with Crippen LogP contribution in [0.2, 0.25) is 0 Å². The van der Waals surface area contributed by atoms with Crippen LogP contribution in [0, 0.1) is 0 Å². The second-order valence-electron chi connectivity index (χ2n) is 5.06. The van der Waals surface area contributed by atoms with Gasteiger partial charge < -0.3 is 5.11 Å². The third-order valence-electron chi connectivity index (χ3n) is 2.93. The molecule has 0 spiro atoms. The lowest BCUT2D eigenvalue weighted by molar-refractivity contribution is -0.137. The van der Waals surface area contributed by atoms with Crippen molar-refractivity contribution in [3.63, 3.8) is 0 Å². The van der Waals surface area contributed by atoms with Crippen molar-refractivity contribution in [2.45, 2.75) is 24.8 Å². The second kappa shape index (κ2) is 7.86.